The van der Waals surface area contributed by atoms with Gasteiger partial charge in [-0.3, -0.25) is 14.1 Å². The van der Waals surface area contributed by atoms with E-state index in [1.165, 1.54) is 11.1 Å². The van der Waals surface area contributed by atoms with Crippen molar-refractivity contribution in [2.45, 2.75) is 45.1 Å². The van der Waals surface area contributed by atoms with E-state index < -0.39 is 0 Å². The molecule has 1 saturated heterocycles. The second-order valence-corrected chi connectivity index (χ2v) is 11.0. The molecule has 0 aromatic heterocycles. The molecule has 2 aliphatic rings. The van der Waals surface area contributed by atoms with Crippen LogP contribution in [-0.2, 0) is 6.42 Å². The normalized spacial score (nSPS) is 17.8. The number of fused-ring (bicyclic) bond motifs is 1. The first-order valence-corrected chi connectivity index (χ1v) is 14.1. The lowest BCUT2D eigenvalue weighted by atomic mass is 9.87. The molecule has 198 valence electrons. The summed E-state index contributed by atoms with van der Waals surface area (Å²) in [7, 11) is 0. The summed E-state index contributed by atoms with van der Waals surface area (Å²) in [6, 6.07) is 20.0. The lowest BCUT2D eigenvalue weighted by Gasteiger charge is -2.19. The van der Waals surface area contributed by atoms with Crippen LogP contribution in [0.4, 0.5) is 4.39 Å². The number of nitrogens with zero attached hydrogens (tertiary/aromatic N) is 1. The summed E-state index contributed by atoms with van der Waals surface area (Å²) in [5.74, 6) is 0.902. The number of carbonyl (C=O) groups is 1. The number of halogens is 3. The van der Waals surface area contributed by atoms with Crippen LogP contribution < -0.4 is 4.74 Å². The third kappa shape index (κ3) is 5.98. The third-order valence-electron chi connectivity index (χ3n) is 7.49. The average molecular weight is 553 g/mol. The summed E-state index contributed by atoms with van der Waals surface area (Å²) in [6.45, 7) is 3.89. The van der Waals surface area contributed by atoms with Crippen LogP contribution in [0.5, 0.6) is 5.75 Å². The molecule has 38 heavy (non-hydrogen) atoms. The lowest BCUT2D eigenvalue weighted by Crippen LogP contribution is -2.26. The zero-order chi connectivity index (χ0) is 26.6. The van der Waals surface area contributed by atoms with E-state index in [1.54, 1.807) is 13.0 Å². The van der Waals surface area contributed by atoms with E-state index in [0.717, 1.165) is 78.9 Å². The topological polar surface area (TPSA) is 29.5 Å². The van der Waals surface area contributed by atoms with Crippen LogP contribution in [-0.4, -0.2) is 43.1 Å². The number of hydrogen-bond acceptors (Lipinski definition) is 3. The van der Waals surface area contributed by atoms with Gasteiger partial charge in [-0.05, 0) is 103 Å². The highest BCUT2D eigenvalue weighted by atomic mass is 35.5. The molecule has 0 amide bonds. The Bertz CT molecular complexity index is 1350. The van der Waals surface area contributed by atoms with E-state index in [2.05, 4.69) is 23.1 Å². The molecular formula is C32H32Cl2FNO2. The fraction of sp³-hybridized carbons (Fsp3) is 0.344. The molecule has 0 bridgehead atoms. The van der Waals surface area contributed by atoms with Gasteiger partial charge in [0.2, 0.25) is 0 Å². The molecule has 5 rings (SSSR count). The molecule has 3 nitrogen and oxygen atoms in total. The van der Waals surface area contributed by atoms with Crippen LogP contribution in [0.3, 0.4) is 0 Å². The van der Waals surface area contributed by atoms with Crippen molar-refractivity contribution in [1.82, 2.24) is 4.90 Å². The van der Waals surface area contributed by atoms with Crippen molar-refractivity contribution < 1.29 is 13.9 Å². The predicted octanol–water partition coefficient (Wildman–Crippen LogP) is 8.30. The molecule has 6 heteroatoms. The number of rotatable bonds is 8. The van der Waals surface area contributed by atoms with Gasteiger partial charge in [0.25, 0.3) is 0 Å². The number of aryl methyl sites for hydroxylation is 1. The highest BCUT2D eigenvalue weighted by Crippen LogP contribution is 2.42. The SMILES string of the molecule is CC(=O)c1ccc2c(c1)CCCC(c1ccc(Cl)cc1Cl)=C2c1ccc(O[C@H]2CCN(CCCF)C2)cc1. The number of Topliss-reactive ketones (excluding diaryl/α,β-unsaturated/α-hetero) is 1. The van der Waals surface area contributed by atoms with Crippen LogP contribution in [0.1, 0.15) is 65.2 Å². The minimum absolute atomic E-state index is 0.0696. The van der Waals surface area contributed by atoms with Crippen molar-refractivity contribution in [3.63, 3.8) is 0 Å². The number of ketones is 1. The van der Waals surface area contributed by atoms with Gasteiger partial charge in [0.15, 0.2) is 5.78 Å². The Labute approximate surface area is 234 Å². The zero-order valence-corrected chi connectivity index (χ0v) is 23.1. The molecule has 1 aliphatic carbocycles. The highest BCUT2D eigenvalue weighted by molar-refractivity contribution is 6.36. The summed E-state index contributed by atoms with van der Waals surface area (Å²) >= 11 is 12.9. The average Bonchev–Trinajstić information content (AvgIpc) is 3.26. The van der Waals surface area contributed by atoms with Gasteiger partial charge in [-0.1, -0.05) is 53.5 Å². The van der Waals surface area contributed by atoms with E-state index in [0.29, 0.717) is 16.5 Å². The summed E-state index contributed by atoms with van der Waals surface area (Å²) in [4.78, 5) is 14.4. The fourth-order valence-corrected chi connectivity index (χ4v) is 6.13. The first-order chi connectivity index (χ1) is 18.4. The smallest absolute Gasteiger partial charge is 0.159 e. The van der Waals surface area contributed by atoms with Crippen molar-refractivity contribution in [2.24, 2.45) is 0 Å². The molecule has 1 atom stereocenters. The number of hydrogen-bond donors (Lipinski definition) is 0. The Morgan fingerprint density at radius 3 is 2.55 bits per heavy atom. The molecule has 1 fully saturated rings. The second kappa shape index (κ2) is 12.0. The maximum absolute atomic E-state index is 12.5. The molecule has 0 N–H and O–H groups in total. The van der Waals surface area contributed by atoms with E-state index >= 15 is 0 Å². The molecule has 0 spiro atoms. The Balaban J connectivity index is 1.51. The lowest BCUT2D eigenvalue weighted by molar-refractivity contribution is 0.101. The molecular weight excluding hydrogens is 520 g/mol. The number of carbonyl (C=O) groups excluding carboxylic acids is 1. The Kier molecular flexibility index (Phi) is 8.52. The van der Waals surface area contributed by atoms with Crippen molar-refractivity contribution in [3.8, 4) is 5.75 Å². The van der Waals surface area contributed by atoms with Gasteiger partial charge < -0.3 is 4.74 Å². The van der Waals surface area contributed by atoms with Crippen molar-refractivity contribution in [2.75, 3.05) is 26.3 Å². The molecule has 1 heterocycles. The van der Waals surface area contributed by atoms with E-state index in [-0.39, 0.29) is 18.6 Å². The largest absolute Gasteiger partial charge is 0.489 e. The van der Waals surface area contributed by atoms with Crippen LogP contribution in [0, 0.1) is 0 Å². The van der Waals surface area contributed by atoms with E-state index in [4.69, 9.17) is 27.9 Å². The summed E-state index contributed by atoms with van der Waals surface area (Å²) in [5.41, 5.74) is 7.39. The van der Waals surface area contributed by atoms with Gasteiger partial charge in [-0.2, -0.15) is 0 Å². The summed E-state index contributed by atoms with van der Waals surface area (Å²) in [5, 5.41) is 1.24. The predicted molar refractivity (Wildman–Crippen MR) is 154 cm³/mol. The van der Waals surface area contributed by atoms with Gasteiger partial charge in [0.05, 0.1) is 6.67 Å². The summed E-state index contributed by atoms with van der Waals surface area (Å²) < 4.78 is 18.8. The molecule has 0 radical (unpaired) electrons. The van der Waals surface area contributed by atoms with Crippen molar-refractivity contribution in [3.05, 3.63) is 98.5 Å². The molecule has 3 aromatic carbocycles. The maximum atomic E-state index is 12.5. The van der Waals surface area contributed by atoms with Crippen LogP contribution in [0.2, 0.25) is 10.0 Å². The van der Waals surface area contributed by atoms with Gasteiger partial charge in [-0.25, -0.2) is 0 Å². The number of ether oxygens (including phenoxy) is 1. The van der Waals surface area contributed by atoms with Gasteiger partial charge in [0, 0.05) is 35.2 Å². The summed E-state index contributed by atoms with van der Waals surface area (Å²) in [6.07, 6.45) is 4.34. The van der Waals surface area contributed by atoms with Crippen LogP contribution in [0.25, 0.3) is 11.1 Å². The first kappa shape index (κ1) is 26.9. The van der Waals surface area contributed by atoms with Gasteiger partial charge in [0.1, 0.15) is 11.9 Å². The first-order valence-electron chi connectivity index (χ1n) is 13.3. The van der Waals surface area contributed by atoms with Gasteiger partial charge in [-0.15, -0.1) is 0 Å². The molecule has 0 saturated carbocycles. The third-order valence-corrected chi connectivity index (χ3v) is 8.04. The quantitative estimate of drug-likeness (QED) is 0.263. The Hall–Kier alpha value is -2.66. The minimum atomic E-state index is -0.276. The number of alkyl halides is 1. The van der Waals surface area contributed by atoms with Crippen molar-refractivity contribution >= 4 is 40.1 Å². The molecule has 0 unspecified atom stereocenters. The second-order valence-electron chi connectivity index (χ2n) is 10.2. The number of likely N-dealkylation sites (tertiary alicyclic amines) is 1. The fourth-order valence-electron chi connectivity index (χ4n) is 5.61. The van der Waals surface area contributed by atoms with E-state index in [1.807, 2.05) is 36.4 Å². The Morgan fingerprint density at radius 1 is 1.03 bits per heavy atom. The van der Waals surface area contributed by atoms with E-state index in [9.17, 15) is 9.18 Å². The molecule has 3 aromatic rings. The monoisotopic (exact) mass is 551 g/mol. The maximum Gasteiger partial charge on any atom is 0.159 e. The minimum Gasteiger partial charge on any atom is -0.489 e. The van der Waals surface area contributed by atoms with Crippen LogP contribution in [0.15, 0.2) is 60.7 Å². The standard InChI is InChI=1S/C32H32Cl2FNO2/c1-21(37)23-8-12-28-24(18-23)4-2-5-30(29-13-9-25(33)19-31(29)34)32(28)22-6-10-26(11-7-22)38-27-14-17-36(20-27)16-3-15-35/h6-13,18-19,27H,2-5,14-17,20H2,1H3/t27-/m0/s1. The number of allylic oxidation sites excluding steroid dienone is 1. The van der Waals surface area contributed by atoms with Crippen molar-refractivity contribution in [1.29, 1.82) is 0 Å². The molecule has 1 aliphatic heterocycles. The van der Waals surface area contributed by atoms with Crippen LogP contribution >= 0.6 is 23.2 Å². The zero-order valence-electron chi connectivity index (χ0n) is 21.6. The number of benzene rings is 3. The Morgan fingerprint density at radius 2 is 1.82 bits per heavy atom. The van der Waals surface area contributed by atoms with Gasteiger partial charge >= 0.3 is 0 Å². The highest BCUT2D eigenvalue weighted by Gasteiger charge is 2.25.